The molecule has 3 fully saturated rings. The molecule has 0 bridgehead atoms. The number of anilines is 4. The Labute approximate surface area is 187 Å². The van der Waals surface area contributed by atoms with Crippen LogP contribution < -0.4 is 20.0 Å². The first-order valence-electron chi connectivity index (χ1n) is 11.6. The maximum atomic E-state index is 12.3. The fourth-order valence-electron chi connectivity index (χ4n) is 4.52. The van der Waals surface area contributed by atoms with E-state index in [0.29, 0.717) is 18.1 Å². The molecule has 0 unspecified atom stereocenters. The van der Waals surface area contributed by atoms with Crippen LogP contribution in [0.25, 0.3) is 0 Å². The molecule has 32 heavy (non-hydrogen) atoms. The van der Waals surface area contributed by atoms with E-state index < -0.39 is 0 Å². The maximum Gasteiger partial charge on any atom is 0.239 e. The summed E-state index contributed by atoms with van der Waals surface area (Å²) in [5.41, 5.74) is 0. The van der Waals surface area contributed by atoms with Crippen LogP contribution in [0.2, 0.25) is 0 Å². The van der Waals surface area contributed by atoms with Crippen LogP contribution in [0.15, 0.2) is 10.6 Å². The molecule has 0 aliphatic carbocycles. The molecule has 1 amide bonds. The van der Waals surface area contributed by atoms with E-state index in [4.69, 9.17) is 19.5 Å². The minimum atomic E-state index is -0.0837. The molecule has 172 valence electrons. The zero-order valence-corrected chi connectivity index (χ0v) is 18.7. The van der Waals surface area contributed by atoms with Crippen molar-refractivity contribution in [1.82, 2.24) is 25.0 Å². The molecule has 0 spiro atoms. The second kappa shape index (κ2) is 9.27. The van der Waals surface area contributed by atoms with Crippen LogP contribution in [-0.4, -0.2) is 89.8 Å². The lowest BCUT2D eigenvalue weighted by molar-refractivity contribution is -0.117. The standard InChI is InChI=1S/C21H31N9O2/c1-16-14-17(26-32-16)22-18(31)15-27-10-12-30(13-11-27)21-24-19(28-6-2-3-7-28)23-20(25-21)29-8-4-5-9-29/h14H,2-13,15H2,1H3,(H,22,26,31). The van der Waals surface area contributed by atoms with Crippen LogP contribution in [-0.2, 0) is 4.79 Å². The first-order chi connectivity index (χ1) is 15.6. The van der Waals surface area contributed by atoms with Crippen molar-refractivity contribution in [3.8, 4) is 0 Å². The molecule has 5 heterocycles. The molecule has 3 saturated heterocycles. The molecular formula is C21H31N9O2. The summed E-state index contributed by atoms with van der Waals surface area (Å²) in [6, 6.07) is 1.71. The summed E-state index contributed by atoms with van der Waals surface area (Å²) in [7, 11) is 0. The predicted molar refractivity (Wildman–Crippen MR) is 121 cm³/mol. The lowest BCUT2D eigenvalue weighted by Crippen LogP contribution is -2.49. The van der Waals surface area contributed by atoms with Crippen LogP contribution in [0.5, 0.6) is 0 Å². The van der Waals surface area contributed by atoms with Gasteiger partial charge in [-0.1, -0.05) is 5.16 Å². The highest BCUT2D eigenvalue weighted by Crippen LogP contribution is 2.24. The lowest BCUT2D eigenvalue weighted by atomic mass is 10.3. The van der Waals surface area contributed by atoms with Gasteiger partial charge in [-0.15, -0.1) is 0 Å². The van der Waals surface area contributed by atoms with Crippen molar-refractivity contribution < 1.29 is 9.32 Å². The van der Waals surface area contributed by atoms with E-state index >= 15 is 0 Å². The van der Waals surface area contributed by atoms with E-state index in [9.17, 15) is 4.79 Å². The van der Waals surface area contributed by atoms with Crippen LogP contribution in [0.3, 0.4) is 0 Å². The molecular weight excluding hydrogens is 410 g/mol. The summed E-state index contributed by atoms with van der Waals surface area (Å²) in [6.45, 7) is 9.27. The monoisotopic (exact) mass is 441 g/mol. The largest absolute Gasteiger partial charge is 0.360 e. The van der Waals surface area contributed by atoms with E-state index in [1.54, 1.807) is 13.0 Å². The highest BCUT2D eigenvalue weighted by Gasteiger charge is 2.26. The van der Waals surface area contributed by atoms with Gasteiger partial charge in [0.25, 0.3) is 0 Å². The van der Waals surface area contributed by atoms with Crippen molar-refractivity contribution >= 4 is 29.6 Å². The highest BCUT2D eigenvalue weighted by molar-refractivity contribution is 5.91. The Morgan fingerprint density at radius 3 is 1.81 bits per heavy atom. The summed E-state index contributed by atoms with van der Waals surface area (Å²) in [5, 5.41) is 6.61. The second-order valence-corrected chi connectivity index (χ2v) is 8.76. The molecule has 11 nitrogen and oxygen atoms in total. The Bertz CT molecular complexity index is 895. The number of nitrogens with one attached hydrogen (secondary N) is 1. The highest BCUT2D eigenvalue weighted by atomic mass is 16.5. The quantitative estimate of drug-likeness (QED) is 0.701. The third kappa shape index (κ3) is 4.77. The van der Waals surface area contributed by atoms with Gasteiger partial charge in [-0.25, -0.2) is 0 Å². The normalized spacial score (nSPS) is 19.7. The van der Waals surface area contributed by atoms with Gasteiger partial charge in [-0.2, -0.15) is 15.0 Å². The van der Waals surface area contributed by atoms with E-state index in [2.05, 4.69) is 30.1 Å². The SMILES string of the molecule is Cc1cc(NC(=O)CN2CCN(c3nc(N4CCCC4)nc(N4CCCC4)n3)CC2)no1. The Hall–Kier alpha value is -2.95. The molecule has 2 aromatic heterocycles. The van der Waals surface area contributed by atoms with E-state index in [0.717, 1.165) is 70.2 Å². The van der Waals surface area contributed by atoms with E-state index in [1.807, 2.05) is 0 Å². The molecule has 3 aliphatic heterocycles. The van der Waals surface area contributed by atoms with Gasteiger partial charge in [0.2, 0.25) is 23.8 Å². The fraction of sp³-hybridized carbons (Fsp3) is 0.667. The van der Waals surface area contributed by atoms with Crippen LogP contribution in [0.4, 0.5) is 23.7 Å². The van der Waals surface area contributed by atoms with Crippen molar-refractivity contribution in [3.05, 3.63) is 11.8 Å². The van der Waals surface area contributed by atoms with Gasteiger partial charge in [0.15, 0.2) is 5.82 Å². The topological polar surface area (TPSA) is 107 Å². The Morgan fingerprint density at radius 2 is 1.34 bits per heavy atom. The first kappa shape index (κ1) is 20.9. The first-order valence-corrected chi connectivity index (χ1v) is 11.6. The molecule has 0 aromatic carbocycles. The van der Waals surface area contributed by atoms with Gasteiger partial charge < -0.3 is 24.5 Å². The van der Waals surface area contributed by atoms with Gasteiger partial charge in [0, 0.05) is 58.4 Å². The van der Waals surface area contributed by atoms with E-state index in [1.165, 1.54) is 25.7 Å². The van der Waals surface area contributed by atoms with Gasteiger partial charge in [0.1, 0.15) is 5.76 Å². The van der Waals surface area contributed by atoms with Gasteiger partial charge in [-0.3, -0.25) is 9.69 Å². The number of rotatable bonds is 6. The van der Waals surface area contributed by atoms with E-state index in [-0.39, 0.29) is 5.91 Å². The number of aromatic nitrogens is 4. The summed E-state index contributed by atoms with van der Waals surface area (Å²) in [6.07, 6.45) is 4.76. The van der Waals surface area contributed by atoms with Gasteiger partial charge in [-0.05, 0) is 32.6 Å². The maximum absolute atomic E-state index is 12.3. The third-order valence-corrected chi connectivity index (χ3v) is 6.30. The van der Waals surface area contributed by atoms with Gasteiger partial charge in [0.05, 0.1) is 6.54 Å². The Balaban J connectivity index is 1.22. The van der Waals surface area contributed by atoms with Gasteiger partial charge >= 0.3 is 0 Å². The Kier molecular flexibility index (Phi) is 6.06. The summed E-state index contributed by atoms with van der Waals surface area (Å²) in [5.74, 6) is 3.41. The zero-order valence-electron chi connectivity index (χ0n) is 18.7. The number of piperazine rings is 1. The zero-order chi connectivity index (χ0) is 21.9. The number of hydrogen-bond donors (Lipinski definition) is 1. The number of carbonyl (C=O) groups is 1. The minimum absolute atomic E-state index is 0.0837. The number of amides is 1. The average Bonchev–Trinajstić information content (AvgIpc) is 3.57. The van der Waals surface area contributed by atoms with Crippen LogP contribution in [0, 0.1) is 6.92 Å². The number of carbonyl (C=O) groups excluding carboxylic acids is 1. The van der Waals surface area contributed by atoms with Crippen molar-refractivity contribution in [2.45, 2.75) is 32.6 Å². The molecule has 2 aromatic rings. The minimum Gasteiger partial charge on any atom is -0.360 e. The average molecular weight is 442 g/mol. The number of nitrogens with zero attached hydrogens (tertiary/aromatic N) is 8. The molecule has 0 atom stereocenters. The summed E-state index contributed by atoms with van der Waals surface area (Å²) >= 11 is 0. The molecule has 5 rings (SSSR count). The lowest BCUT2D eigenvalue weighted by Gasteiger charge is -2.34. The third-order valence-electron chi connectivity index (χ3n) is 6.30. The van der Waals surface area contributed by atoms with Crippen molar-refractivity contribution in [1.29, 1.82) is 0 Å². The number of hydrogen-bond acceptors (Lipinski definition) is 10. The van der Waals surface area contributed by atoms with Crippen LogP contribution >= 0.6 is 0 Å². The number of aryl methyl sites for hydroxylation is 1. The predicted octanol–water partition coefficient (Wildman–Crippen LogP) is 1.13. The molecule has 0 radical (unpaired) electrons. The summed E-state index contributed by atoms with van der Waals surface area (Å²) in [4.78, 5) is 35.7. The molecule has 1 N–H and O–H groups in total. The van der Waals surface area contributed by atoms with Crippen LogP contribution in [0.1, 0.15) is 31.4 Å². The second-order valence-electron chi connectivity index (χ2n) is 8.76. The molecule has 11 heteroatoms. The van der Waals surface area contributed by atoms with Crippen molar-refractivity contribution in [3.63, 3.8) is 0 Å². The van der Waals surface area contributed by atoms with Crippen molar-refractivity contribution in [2.24, 2.45) is 0 Å². The Morgan fingerprint density at radius 1 is 0.844 bits per heavy atom. The fourth-order valence-corrected chi connectivity index (χ4v) is 4.52. The molecule has 3 aliphatic rings. The van der Waals surface area contributed by atoms with Crippen molar-refractivity contribution in [2.75, 3.05) is 78.9 Å². The smallest absolute Gasteiger partial charge is 0.239 e. The molecule has 0 saturated carbocycles. The summed E-state index contributed by atoms with van der Waals surface area (Å²) < 4.78 is 5.00.